The Morgan fingerprint density at radius 1 is 1.23 bits per heavy atom. The number of amides is 2. The van der Waals surface area contributed by atoms with Crippen LogP contribution >= 0.6 is 11.6 Å². The van der Waals surface area contributed by atoms with Crippen molar-refractivity contribution in [1.29, 1.82) is 0 Å². The molecule has 0 aliphatic rings. The molecule has 1 aromatic rings. The molecule has 0 bridgehead atoms. The van der Waals surface area contributed by atoms with Crippen LogP contribution in [0.4, 0.5) is 5.69 Å². The van der Waals surface area contributed by atoms with Gasteiger partial charge in [0.25, 0.3) is 0 Å². The molecule has 6 heteroatoms. The molecule has 0 atom stereocenters. The molecule has 0 unspecified atom stereocenters. The molecular formula is C16H24ClN3O2. The van der Waals surface area contributed by atoms with Crippen LogP contribution < -0.4 is 10.6 Å². The van der Waals surface area contributed by atoms with Gasteiger partial charge in [-0.05, 0) is 45.0 Å². The normalized spacial score (nSPS) is 10.9. The number of likely N-dealkylation sites (N-methyl/N-ethyl adjacent to an activating group) is 1. The van der Waals surface area contributed by atoms with Crippen LogP contribution in [0.15, 0.2) is 18.2 Å². The van der Waals surface area contributed by atoms with Crippen LogP contribution in [-0.2, 0) is 9.59 Å². The quantitative estimate of drug-likeness (QED) is 0.809. The molecule has 22 heavy (non-hydrogen) atoms. The van der Waals surface area contributed by atoms with Gasteiger partial charge in [0.2, 0.25) is 11.8 Å². The first kappa shape index (κ1) is 18.5. The number of nitrogens with zero attached hydrogens (tertiary/aromatic N) is 1. The molecule has 0 saturated heterocycles. The summed E-state index contributed by atoms with van der Waals surface area (Å²) in [6, 6.07) is 5.47. The van der Waals surface area contributed by atoms with Crippen molar-refractivity contribution in [2.75, 3.05) is 25.0 Å². The molecule has 0 fully saturated rings. The van der Waals surface area contributed by atoms with Crippen LogP contribution in [0.5, 0.6) is 0 Å². The standard InChI is InChI=1S/C16H24ClN3O2/c1-5-20(9-15(21)18-11(2)3)10-16(22)19-13-7-6-12(4)14(17)8-13/h6-8,11H,5,9-10H2,1-4H3,(H,18,21)(H,19,22). The molecular weight excluding hydrogens is 302 g/mol. The van der Waals surface area contributed by atoms with Gasteiger partial charge < -0.3 is 10.6 Å². The highest BCUT2D eigenvalue weighted by Gasteiger charge is 2.14. The summed E-state index contributed by atoms with van der Waals surface area (Å²) in [6.07, 6.45) is 0. The number of hydrogen-bond acceptors (Lipinski definition) is 3. The van der Waals surface area contributed by atoms with Crippen LogP contribution in [0, 0.1) is 6.92 Å². The van der Waals surface area contributed by atoms with Crippen molar-refractivity contribution in [2.24, 2.45) is 0 Å². The maximum atomic E-state index is 12.1. The number of hydrogen-bond donors (Lipinski definition) is 2. The summed E-state index contributed by atoms with van der Waals surface area (Å²) < 4.78 is 0. The van der Waals surface area contributed by atoms with E-state index in [2.05, 4.69) is 10.6 Å². The third kappa shape index (κ3) is 6.45. The third-order valence-electron chi connectivity index (χ3n) is 3.09. The van der Waals surface area contributed by atoms with Crippen LogP contribution in [-0.4, -0.2) is 42.4 Å². The van der Waals surface area contributed by atoms with Crippen molar-refractivity contribution >= 4 is 29.1 Å². The highest BCUT2D eigenvalue weighted by molar-refractivity contribution is 6.31. The summed E-state index contributed by atoms with van der Waals surface area (Å²) >= 11 is 6.03. The van der Waals surface area contributed by atoms with Crippen molar-refractivity contribution in [1.82, 2.24) is 10.2 Å². The predicted octanol–water partition coefficient (Wildman–Crippen LogP) is 2.43. The van der Waals surface area contributed by atoms with Gasteiger partial charge in [0.1, 0.15) is 0 Å². The number of anilines is 1. The van der Waals surface area contributed by atoms with Gasteiger partial charge in [0.05, 0.1) is 13.1 Å². The van der Waals surface area contributed by atoms with E-state index in [0.29, 0.717) is 17.3 Å². The number of aryl methyl sites for hydroxylation is 1. The van der Waals surface area contributed by atoms with Gasteiger partial charge >= 0.3 is 0 Å². The van der Waals surface area contributed by atoms with E-state index in [0.717, 1.165) is 5.56 Å². The fourth-order valence-corrected chi connectivity index (χ4v) is 2.10. The largest absolute Gasteiger partial charge is 0.353 e. The Morgan fingerprint density at radius 3 is 2.41 bits per heavy atom. The van der Waals surface area contributed by atoms with Crippen molar-refractivity contribution < 1.29 is 9.59 Å². The summed E-state index contributed by atoms with van der Waals surface area (Å²) in [6.45, 7) is 8.61. The lowest BCUT2D eigenvalue weighted by atomic mass is 10.2. The Morgan fingerprint density at radius 2 is 1.86 bits per heavy atom. The first-order chi connectivity index (χ1) is 10.3. The van der Waals surface area contributed by atoms with Gasteiger partial charge in [-0.15, -0.1) is 0 Å². The number of halogens is 1. The number of benzene rings is 1. The second-order valence-corrected chi connectivity index (χ2v) is 5.94. The molecule has 5 nitrogen and oxygen atoms in total. The summed E-state index contributed by atoms with van der Waals surface area (Å²) in [4.78, 5) is 25.6. The lowest BCUT2D eigenvalue weighted by Gasteiger charge is -2.20. The molecule has 0 radical (unpaired) electrons. The Kier molecular flexibility index (Phi) is 7.35. The molecule has 0 aromatic heterocycles. The molecule has 0 aliphatic carbocycles. The first-order valence-corrected chi connectivity index (χ1v) is 7.77. The van der Waals surface area contributed by atoms with Crippen LogP contribution in [0.2, 0.25) is 5.02 Å². The monoisotopic (exact) mass is 325 g/mol. The Hall–Kier alpha value is -1.59. The third-order valence-corrected chi connectivity index (χ3v) is 3.49. The smallest absolute Gasteiger partial charge is 0.238 e. The average molecular weight is 326 g/mol. The Bertz CT molecular complexity index is 532. The molecule has 0 heterocycles. The zero-order valence-corrected chi connectivity index (χ0v) is 14.3. The minimum atomic E-state index is -0.167. The highest BCUT2D eigenvalue weighted by atomic mass is 35.5. The van der Waals surface area contributed by atoms with Crippen molar-refractivity contribution in [3.05, 3.63) is 28.8 Å². The van der Waals surface area contributed by atoms with E-state index in [4.69, 9.17) is 11.6 Å². The van der Waals surface area contributed by atoms with Crippen molar-refractivity contribution in [3.63, 3.8) is 0 Å². The Balaban J connectivity index is 2.54. The zero-order valence-electron chi connectivity index (χ0n) is 13.6. The molecule has 2 amide bonds. The Labute approximate surface area is 137 Å². The lowest BCUT2D eigenvalue weighted by molar-refractivity contribution is -0.123. The van der Waals surface area contributed by atoms with Gasteiger partial charge in [-0.25, -0.2) is 0 Å². The number of nitrogens with one attached hydrogen (secondary N) is 2. The van der Waals surface area contributed by atoms with E-state index < -0.39 is 0 Å². The summed E-state index contributed by atoms with van der Waals surface area (Å²) in [5.41, 5.74) is 1.61. The molecule has 1 rings (SSSR count). The molecule has 0 spiro atoms. The van der Waals surface area contributed by atoms with E-state index >= 15 is 0 Å². The molecule has 0 saturated carbocycles. The van der Waals surface area contributed by atoms with Gasteiger partial charge in [-0.3, -0.25) is 14.5 Å². The second-order valence-electron chi connectivity index (χ2n) is 5.54. The average Bonchev–Trinajstić information content (AvgIpc) is 2.41. The first-order valence-electron chi connectivity index (χ1n) is 7.39. The number of carbonyl (C=O) groups is 2. The van der Waals surface area contributed by atoms with Gasteiger partial charge in [0.15, 0.2) is 0 Å². The van der Waals surface area contributed by atoms with E-state index in [1.54, 1.807) is 17.0 Å². The van der Waals surface area contributed by atoms with Crippen molar-refractivity contribution in [3.8, 4) is 0 Å². The van der Waals surface area contributed by atoms with Crippen LogP contribution in [0.1, 0.15) is 26.3 Å². The lowest BCUT2D eigenvalue weighted by Crippen LogP contribution is -2.42. The van der Waals surface area contributed by atoms with E-state index in [1.807, 2.05) is 33.8 Å². The van der Waals surface area contributed by atoms with E-state index in [-0.39, 0.29) is 30.9 Å². The van der Waals surface area contributed by atoms with Crippen molar-refractivity contribution in [2.45, 2.75) is 33.7 Å². The maximum Gasteiger partial charge on any atom is 0.238 e. The van der Waals surface area contributed by atoms with Gasteiger partial charge in [0, 0.05) is 16.8 Å². The summed E-state index contributed by atoms with van der Waals surface area (Å²) in [7, 11) is 0. The number of carbonyl (C=O) groups excluding carboxylic acids is 2. The topological polar surface area (TPSA) is 61.4 Å². The minimum absolute atomic E-state index is 0.0805. The molecule has 2 N–H and O–H groups in total. The summed E-state index contributed by atoms with van der Waals surface area (Å²) in [5, 5.41) is 6.22. The van der Waals surface area contributed by atoms with E-state index in [9.17, 15) is 9.59 Å². The van der Waals surface area contributed by atoms with Crippen LogP contribution in [0.25, 0.3) is 0 Å². The SMILES string of the molecule is CCN(CC(=O)Nc1ccc(C)c(Cl)c1)CC(=O)NC(C)C. The number of rotatable bonds is 7. The molecule has 1 aromatic carbocycles. The molecule has 122 valence electrons. The second kappa shape index (κ2) is 8.76. The van der Waals surface area contributed by atoms with Gasteiger partial charge in [-0.1, -0.05) is 24.6 Å². The zero-order chi connectivity index (χ0) is 16.7. The maximum absolute atomic E-state index is 12.1. The van der Waals surface area contributed by atoms with Gasteiger partial charge in [-0.2, -0.15) is 0 Å². The van der Waals surface area contributed by atoms with E-state index in [1.165, 1.54) is 0 Å². The fraction of sp³-hybridized carbons (Fsp3) is 0.500. The molecule has 0 aliphatic heterocycles. The van der Waals surface area contributed by atoms with Crippen LogP contribution in [0.3, 0.4) is 0 Å². The fourth-order valence-electron chi connectivity index (χ4n) is 1.92. The summed E-state index contributed by atoms with van der Waals surface area (Å²) in [5.74, 6) is -0.248. The highest BCUT2D eigenvalue weighted by Crippen LogP contribution is 2.19. The minimum Gasteiger partial charge on any atom is -0.353 e. The predicted molar refractivity (Wildman–Crippen MR) is 90.2 cm³/mol.